The molecule has 2 rings (SSSR count). The van der Waals surface area contributed by atoms with Crippen LogP contribution in [0.3, 0.4) is 0 Å². The molecule has 1 unspecified atom stereocenters. The van der Waals surface area contributed by atoms with Gasteiger partial charge in [-0.25, -0.2) is 0 Å². The van der Waals surface area contributed by atoms with Crippen LogP contribution < -0.4 is 10.6 Å². The number of carbonyl (C=O) groups is 1. The lowest BCUT2D eigenvalue weighted by atomic mass is 10.2. The Morgan fingerprint density at radius 3 is 2.56 bits per heavy atom. The van der Waals surface area contributed by atoms with Crippen molar-refractivity contribution < 1.29 is 4.79 Å². The van der Waals surface area contributed by atoms with Crippen LogP contribution >= 0.6 is 0 Å². The maximum Gasteiger partial charge on any atom is 0.224 e. The van der Waals surface area contributed by atoms with E-state index in [4.69, 9.17) is 0 Å². The molecule has 0 saturated carbocycles. The fraction of sp³-hybridized carbons (Fsp3) is 0.500. The predicted molar refractivity (Wildman–Crippen MR) is 74.9 cm³/mol. The Morgan fingerprint density at radius 2 is 2.00 bits per heavy atom. The van der Waals surface area contributed by atoms with Gasteiger partial charge in [-0.2, -0.15) is 0 Å². The van der Waals surface area contributed by atoms with Crippen molar-refractivity contribution in [3.8, 4) is 0 Å². The van der Waals surface area contributed by atoms with Crippen molar-refractivity contribution in [2.75, 3.05) is 30.8 Å². The van der Waals surface area contributed by atoms with Crippen LogP contribution in [0.1, 0.15) is 19.8 Å². The maximum atomic E-state index is 11.2. The first-order valence-electron chi connectivity index (χ1n) is 6.52. The zero-order chi connectivity index (χ0) is 13.0. The highest BCUT2D eigenvalue weighted by Crippen LogP contribution is 2.17. The van der Waals surface area contributed by atoms with Gasteiger partial charge in [-0.3, -0.25) is 4.79 Å². The van der Waals surface area contributed by atoms with Crippen LogP contribution in [-0.4, -0.2) is 37.0 Å². The van der Waals surface area contributed by atoms with E-state index in [1.165, 1.54) is 6.42 Å². The molecule has 0 aromatic heterocycles. The van der Waals surface area contributed by atoms with E-state index in [2.05, 4.69) is 22.6 Å². The highest BCUT2D eigenvalue weighted by molar-refractivity contribution is 5.90. The third-order valence-electron chi connectivity index (χ3n) is 3.25. The Bertz CT molecular complexity index is 402. The molecule has 98 valence electrons. The van der Waals surface area contributed by atoms with Crippen LogP contribution in [0.5, 0.6) is 0 Å². The molecule has 1 saturated heterocycles. The van der Waals surface area contributed by atoms with Gasteiger partial charge in [0.15, 0.2) is 0 Å². The smallest absolute Gasteiger partial charge is 0.224 e. The summed E-state index contributed by atoms with van der Waals surface area (Å²) >= 11 is 0. The van der Waals surface area contributed by atoms with Crippen molar-refractivity contribution in [3.63, 3.8) is 0 Å². The molecule has 1 aromatic rings. The number of carbonyl (C=O) groups excluding carboxylic acids is 1. The average molecular weight is 247 g/mol. The minimum atomic E-state index is 0.0492. The van der Waals surface area contributed by atoms with Crippen LogP contribution in [0.4, 0.5) is 11.4 Å². The van der Waals surface area contributed by atoms with E-state index >= 15 is 0 Å². The molecule has 0 radical (unpaired) electrons. The number of amides is 1. The Kier molecular flexibility index (Phi) is 4.20. The summed E-state index contributed by atoms with van der Waals surface area (Å²) in [6.45, 7) is 4.10. The summed E-state index contributed by atoms with van der Waals surface area (Å²) in [5.74, 6) is 0.0492. The number of hydrogen-bond donors (Lipinski definition) is 2. The molecule has 0 bridgehead atoms. The summed E-state index contributed by atoms with van der Waals surface area (Å²) in [5, 5.41) is 6.36. The number of anilines is 2. The summed E-state index contributed by atoms with van der Waals surface area (Å²) in [5.41, 5.74) is 1.97. The van der Waals surface area contributed by atoms with Gasteiger partial charge in [0.2, 0.25) is 5.91 Å². The maximum absolute atomic E-state index is 11.2. The summed E-state index contributed by atoms with van der Waals surface area (Å²) in [6, 6.07) is 8.45. The number of rotatable bonds is 4. The van der Waals surface area contributed by atoms with E-state index in [-0.39, 0.29) is 5.91 Å². The van der Waals surface area contributed by atoms with Gasteiger partial charge in [0.1, 0.15) is 0 Å². The van der Waals surface area contributed by atoms with Gasteiger partial charge in [-0.15, -0.1) is 0 Å². The lowest BCUT2D eigenvalue weighted by Crippen LogP contribution is -2.23. The van der Waals surface area contributed by atoms with Crippen LogP contribution in [-0.2, 0) is 4.79 Å². The second-order valence-electron chi connectivity index (χ2n) is 4.87. The summed E-state index contributed by atoms with van der Waals surface area (Å²) < 4.78 is 0. The fourth-order valence-corrected chi connectivity index (χ4v) is 2.19. The molecule has 2 N–H and O–H groups in total. The van der Waals surface area contributed by atoms with Gasteiger partial charge >= 0.3 is 0 Å². The molecule has 1 aromatic carbocycles. The zero-order valence-corrected chi connectivity index (χ0v) is 11.1. The third-order valence-corrected chi connectivity index (χ3v) is 3.25. The Morgan fingerprint density at radius 1 is 1.33 bits per heavy atom. The lowest BCUT2D eigenvalue weighted by Gasteiger charge is -2.14. The normalized spacial score (nSPS) is 19.8. The minimum Gasteiger partial charge on any atom is -0.381 e. The molecule has 1 aliphatic heterocycles. The first-order chi connectivity index (χ1) is 8.67. The second kappa shape index (κ2) is 5.87. The van der Waals surface area contributed by atoms with E-state index in [9.17, 15) is 4.79 Å². The van der Waals surface area contributed by atoms with E-state index in [0.29, 0.717) is 12.5 Å². The van der Waals surface area contributed by atoms with Crippen molar-refractivity contribution in [2.24, 2.45) is 0 Å². The summed E-state index contributed by atoms with van der Waals surface area (Å²) in [7, 11) is 2.14. The first-order valence-corrected chi connectivity index (χ1v) is 6.52. The third kappa shape index (κ3) is 3.47. The Labute approximate surface area is 108 Å². The van der Waals surface area contributed by atoms with Crippen molar-refractivity contribution >= 4 is 17.3 Å². The molecule has 1 fully saturated rings. The number of hydrogen-bond acceptors (Lipinski definition) is 3. The topological polar surface area (TPSA) is 44.4 Å². The highest BCUT2D eigenvalue weighted by atomic mass is 16.1. The van der Waals surface area contributed by atoms with E-state index in [1.807, 2.05) is 31.2 Å². The van der Waals surface area contributed by atoms with Gasteiger partial charge in [0.05, 0.1) is 0 Å². The van der Waals surface area contributed by atoms with Crippen LogP contribution in [0, 0.1) is 0 Å². The monoisotopic (exact) mass is 247 g/mol. The molecular formula is C14H21N3O. The van der Waals surface area contributed by atoms with Crippen molar-refractivity contribution in [2.45, 2.75) is 25.8 Å². The molecule has 4 heteroatoms. The molecule has 4 nitrogen and oxygen atoms in total. The molecule has 18 heavy (non-hydrogen) atoms. The second-order valence-corrected chi connectivity index (χ2v) is 4.87. The van der Waals surface area contributed by atoms with E-state index < -0.39 is 0 Å². The van der Waals surface area contributed by atoms with Gasteiger partial charge in [0, 0.05) is 30.4 Å². The van der Waals surface area contributed by atoms with Gasteiger partial charge in [-0.05, 0) is 44.3 Å². The van der Waals surface area contributed by atoms with Gasteiger partial charge in [-0.1, -0.05) is 6.92 Å². The SMILES string of the molecule is CCC(=O)Nc1ccc(NC2CCN(C)C2)cc1. The summed E-state index contributed by atoms with van der Waals surface area (Å²) in [4.78, 5) is 13.6. The summed E-state index contributed by atoms with van der Waals surface area (Å²) in [6.07, 6.45) is 1.69. The molecule has 1 aliphatic rings. The lowest BCUT2D eigenvalue weighted by molar-refractivity contribution is -0.115. The van der Waals surface area contributed by atoms with Crippen LogP contribution in [0.25, 0.3) is 0 Å². The molecule has 1 amide bonds. The van der Waals surface area contributed by atoms with E-state index in [1.54, 1.807) is 0 Å². The van der Waals surface area contributed by atoms with Crippen molar-refractivity contribution in [3.05, 3.63) is 24.3 Å². The molecule has 0 aliphatic carbocycles. The quantitative estimate of drug-likeness (QED) is 0.857. The number of nitrogens with zero attached hydrogens (tertiary/aromatic N) is 1. The zero-order valence-electron chi connectivity index (χ0n) is 11.1. The van der Waals surface area contributed by atoms with Crippen molar-refractivity contribution in [1.29, 1.82) is 0 Å². The Hall–Kier alpha value is -1.55. The number of benzene rings is 1. The molecule has 1 heterocycles. The predicted octanol–water partition coefficient (Wildman–Crippen LogP) is 2.15. The van der Waals surface area contributed by atoms with Gasteiger partial charge in [0.25, 0.3) is 0 Å². The number of nitrogens with one attached hydrogen (secondary N) is 2. The number of likely N-dealkylation sites (N-methyl/N-ethyl adjacent to an activating group) is 1. The largest absolute Gasteiger partial charge is 0.381 e. The standard InChI is InChI=1S/C14H21N3O/c1-3-14(18)16-12-6-4-11(5-7-12)15-13-8-9-17(2)10-13/h4-7,13,15H,3,8-10H2,1-2H3,(H,16,18). The average Bonchev–Trinajstić information content (AvgIpc) is 2.77. The van der Waals surface area contributed by atoms with E-state index in [0.717, 1.165) is 24.5 Å². The highest BCUT2D eigenvalue weighted by Gasteiger charge is 2.18. The van der Waals surface area contributed by atoms with Gasteiger partial charge < -0.3 is 15.5 Å². The van der Waals surface area contributed by atoms with Crippen LogP contribution in [0.2, 0.25) is 0 Å². The first kappa shape index (κ1) is 12.9. The molecule has 0 spiro atoms. The fourth-order valence-electron chi connectivity index (χ4n) is 2.19. The molecular weight excluding hydrogens is 226 g/mol. The Balaban J connectivity index is 1.89. The van der Waals surface area contributed by atoms with Crippen molar-refractivity contribution in [1.82, 2.24) is 4.90 Å². The molecule has 1 atom stereocenters. The number of likely N-dealkylation sites (tertiary alicyclic amines) is 1. The minimum absolute atomic E-state index is 0.0492. The van der Waals surface area contributed by atoms with Crippen LogP contribution in [0.15, 0.2) is 24.3 Å².